The fourth-order valence-electron chi connectivity index (χ4n) is 1.48. The van der Waals surface area contributed by atoms with Gasteiger partial charge < -0.3 is 19.5 Å². The van der Waals surface area contributed by atoms with Crippen molar-refractivity contribution in [3.8, 4) is 0 Å². The van der Waals surface area contributed by atoms with E-state index in [0.29, 0.717) is 52.7 Å². The largest absolute Gasteiger partial charge is 0.377 e. The average molecular weight is 300 g/mol. The first-order valence-electron chi connectivity index (χ1n) is 7.03. The van der Waals surface area contributed by atoms with Crippen LogP contribution in [0.1, 0.15) is 12.6 Å². The molecule has 0 radical (unpaired) electrons. The van der Waals surface area contributed by atoms with Gasteiger partial charge in [-0.25, -0.2) is 0 Å². The Morgan fingerprint density at radius 2 is 1.76 bits per heavy atom. The molecule has 0 saturated heterocycles. The molecule has 0 aliphatic heterocycles. The molecule has 1 aromatic rings. The van der Waals surface area contributed by atoms with Gasteiger partial charge in [0.25, 0.3) is 0 Å². The standard InChI is InChI=1S/C13H24N4O4/c1-12-11-15-17(16-12)4-6-20-8-10-21-9-7-19-5-3-14-13(2)18/h11H,3-10H2,1-2H3,(H,14,18). The summed E-state index contributed by atoms with van der Waals surface area (Å²) in [6, 6.07) is 0. The highest BCUT2D eigenvalue weighted by molar-refractivity contribution is 5.72. The van der Waals surface area contributed by atoms with Gasteiger partial charge in [0.15, 0.2) is 0 Å². The van der Waals surface area contributed by atoms with Gasteiger partial charge in [-0.3, -0.25) is 4.79 Å². The number of aryl methyl sites for hydroxylation is 1. The molecular weight excluding hydrogens is 276 g/mol. The Morgan fingerprint density at radius 3 is 2.33 bits per heavy atom. The van der Waals surface area contributed by atoms with E-state index in [4.69, 9.17) is 14.2 Å². The van der Waals surface area contributed by atoms with Crippen LogP contribution in [0.5, 0.6) is 0 Å². The van der Waals surface area contributed by atoms with Gasteiger partial charge in [0, 0.05) is 13.5 Å². The Labute approximate surface area is 124 Å². The number of hydrogen-bond acceptors (Lipinski definition) is 6. The number of aromatic nitrogens is 3. The van der Waals surface area contributed by atoms with Crippen molar-refractivity contribution in [3.63, 3.8) is 0 Å². The lowest BCUT2D eigenvalue weighted by atomic mass is 10.6. The van der Waals surface area contributed by atoms with E-state index >= 15 is 0 Å². The van der Waals surface area contributed by atoms with E-state index in [1.807, 2.05) is 6.92 Å². The van der Waals surface area contributed by atoms with Gasteiger partial charge in [-0.15, -0.1) is 0 Å². The van der Waals surface area contributed by atoms with Crippen LogP contribution in [0.4, 0.5) is 0 Å². The first-order valence-corrected chi connectivity index (χ1v) is 7.03. The van der Waals surface area contributed by atoms with Crippen molar-refractivity contribution in [3.05, 3.63) is 11.9 Å². The minimum absolute atomic E-state index is 0.0486. The number of nitrogens with one attached hydrogen (secondary N) is 1. The van der Waals surface area contributed by atoms with Crippen LogP contribution in [0.15, 0.2) is 6.20 Å². The topological polar surface area (TPSA) is 87.5 Å². The van der Waals surface area contributed by atoms with Gasteiger partial charge in [0.05, 0.1) is 58.1 Å². The molecule has 0 unspecified atom stereocenters. The van der Waals surface area contributed by atoms with Crippen molar-refractivity contribution in [1.29, 1.82) is 0 Å². The molecule has 1 aromatic heterocycles. The maximum Gasteiger partial charge on any atom is 0.216 e. The minimum atomic E-state index is -0.0486. The normalized spacial score (nSPS) is 10.8. The van der Waals surface area contributed by atoms with E-state index in [9.17, 15) is 4.79 Å². The second-order valence-corrected chi connectivity index (χ2v) is 4.40. The molecule has 1 rings (SSSR count). The molecule has 0 saturated carbocycles. The fourth-order valence-corrected chi connectivity index (χ4v) is 1.48. The van der Waals surface area contributed by atoms with Crippen molar-refractivity contribution < 1.29 is 19.0 Å². The molecule has 21 heavy (non-hydrogen) atoms. The van der Waals surface area contributed by atoms with Gasteiger partial charge in [-0.2, -0.15) is 15.0 Å². The molecular formula is C13H24N4O4. The highest BCUT2D eigenvalue weighted by atomic mass is 16.5. The summed E-state index contributed by atoms with van der Waals surface area (Å²) in [6.07, 6.45) is 1.72. The minimum Gasteiger partial charge on any atom is -0.377 e. The molecule has 0 atom stereocenters. The lowest BCUT2D eigenvalue weighted by Gasteiger charge is -2.07. The summed E-state index contributed by atoms with van der Waals surface area (Å²) in [6.45, 7) is 7.69. The zero-order valence-electron chi connectivity index (χ0n) is 12.7. The Kier molecular flexibility index (Phi) is 9.34. The Morgan fingerprint density at radius 1 is 1.14 bits per heavy atom. The summed E-state index contributed by atoms with van der Waals surface area (Å²) < 4.78 is 16.0. The molecule has 0 fully saturated rings. The zero-order chi connectivity index (χ0) is 15.3. The van der Waals surface area contributed by atoms with Crippen LogP contribution in [-0.4, -0.2) is 67.1 Å². The molecule has 8 heteroatoms. The monoisotopic (exact) mass is 300 g/mol. The molecule has 0 aliphatic rings. The molecule has 8 nitrogen and oxygen atoms in total. The van der Waals surface area contributed by atoms with Crippen molar-refractivity contribution in [2.24, 2.45) is 0 Å². The van der Waals surface area contributed by atoms with Gasteiger partial charge in [0.1, 0.15) is 0 Å². The van der Waals surface area contributed by atoms with Gasteiger partial charge in [-0.1, -0.05) is 0 Å². The molecule has 0 aliphatic carbocycles. The third-order valence-corrected chi connectivity index (χ3v) is 2.45. The van der Waals surface area contributed by atoms with E-state index in [1.54, 1.807) is 11.0 Å². The maximum absolute atomic E-state index is 10.6. The van der Waals surface area contributed by atoms with Crippen LogP contribution >= 0.6 is 0 Å². The van der Waals surface area contributed by atoms with E-state index in [2.05, 4.69) is 15.5 Å². The van der Waals surface area contributed by atoms with Gasteiger partial charge in [-0.05, 0) is 6.92 Å². The fraction of sp³-hybridized carbons (Fsp3) is 0.769. The number of ether oxygens (including phenoxy) is 3. The van der Waals surface area contributed by atoms with E-state index in [1.165, 1.54) is 6.92 Å². The van der Waals surface area contributed by atoms with Crippen LogP contribution in [-0.2, 0) is 25.5 Å². The van der Waals surface area contributed by atoms with Crippen LogP contribution in [0, 0.1) is 6.92 Å². The Balaban J connectivity index is 1.77. The number of nitrogens with zero attached hydrogens (tertiary/aromatic N) is 3. The lowest BCUT2D eigenvalue weighted by molar-refractivity contribution is -0.119. The third-order valence-electron chi connectivity index (χ3n) is 2.45. The summed E-state index contributed by atoms with van der Waals surface area (Å²) in [5.41, 5.74) is 0.900. The smallest absolute Gasteiger partial charge is 0.216 e. The van der Waals surface area contributed by atoms with Crippen molar-refractivity contribution in [1.82, 2.24) is 20.3 Å². The molecule has 1 heterocycles. The van der Waals surface area contributed by atoms with Crippen molar-refractivity contribution in [2.45, 2.75) is 20.4 Å². The molecule has 1 amide bonds. The quantitative estimate of drug-likeness (QED) is 0.537. The van der Waals surface area contributed by atoms with E-state index in [0.717, 1.165) is 5.69 Å². The van der Waals surface area contributed by atoms with E-state index in [-0.39, 0.29) is 5.91 Å². The molecule has 1 N–H and O–H groups in total. The highest BCUT2D eigenvalue weighted by Gasteiger charge is 1.96. The van der Waals surface area contributed by atoms with Crippen LogP contribution in [0.25, 0.3) is 0 Å². The number of amides is 1. The number of hydrogen-bond donors (Lipinski definition) is 1. The Bertz CT molecular complexity index is 397. The predicted octanol–water partition coefficient (Wildman–Crippen LogP) is -0.228. The summed E-state index contributed by atoms with van der Waals surface area (Å²) in [5, 5.41) is 10.9. The second kappa shape index (κ2) is 11.2. The number of rotatable bonds is 12. The number of carbonyl (C=O) groups excluding carboxylic acids is 1. The summed E-state index contributed by atoms with van der Waals surface area (Å²) in [4.78, 5) is 12.2. The summed E-state index contributed by atoms with van der Waals surface area (Å²) in [7, 11) is 0. The second-order valence-electron chi connectivity index (χ2n) is 4.40. The van der Waals surface area contributed by atoms with Crippen LogP contribution in [0.2, 0.25) is 0 Å². The highest BCUT2D eigenvalue weighted by Crippen LogP contribution is 1.88. The van der Waals surface area contributed by atoms with E-state index < -0.39 is 0 Å². The van der Waals surface area contributed by atoms with Gasteiger partial charge in [0.2, 0.25) is 5.91 Å². The third kappa shape index (κ3) is 9.94. The first-order chi connectivity index (χ1) is 10.2. The first kappa shape index (κ1) is 17.5. The number of carbonyl (C=O) groups is 1. The Hall–Kier alpha value is -1.51. The van der Waals surface area contributed by atoms with Gasteiger partial charge >= 0.3 is 0 Å². The predicted molar refractivity (Wildman–Crippen MR) is 75.9 cm³/mol. The zero-order valence-corrected chi connectivity index (χ0v) is 12.7. The van der Waals surface area contributed by atoms with Crippen molar-refractivity contribution in [2.75, 3.05) is 46.2 Å². The maximum atomic E-state index is 10.6. The summed E-state index contributed by atoms with van der Waals surface area (Å²) >= 11 is 0. The molecule has 120 valence electrons. The molecule has 0 spiro atoms. The molecule has 0 bridgehead atoms. The lowest BCUT2D eigenvalue weighted by Crippen LogP contribution is -2.25. The van der Waals surface area contributed by atoms with Crippen LogP contribution in [0.3, 0.4) is 0 Å². The van der Waals surface area contributed by atoms with Crippen LogP contribution < -0.4 is 5.32 Å². The SMILES string of the molecule is CC(=O)NCCOCCOCCOCCn1ncc(C)n1. The molecule has 0 aromatic carbocycles. The average Bonchev–Trinajstić information content (AvgIpc) is 2.85. The van der Waals surface area contributed by atoms with Crippen molar-refractivity contribution >= 4 is 5.91 Å². The summed E-state index contributed by atoms with van der Waals surface area (Å²) in [5.74, 6) is -0.0486.